The molecule has 1 rings (SSSR count). The predicted octanol–water partition coefficient (Wildman–Crippen LogP) is 2.87. The minimum atomic E-state index is 0.290. The molecule has 0 spiro atoms. The van der Waals surface area contributed by atoms with Crippen LogP contribution in [0.1, 0.15) is 42.5 Å². The Morgan fingerprint density at radius 2 is 2.13 bits per heavy atom. The van der Waals surface area contributed by atoms with E-state index >= 15 is 0 Å². The van der Waals surface area contributed by atoms with Gasteiger partial charge in [-0.25, -0.2) is 0 Å². The lowest BCUT2D eigenvalue weighted by Gasteiger charge is -2.18. The Morgan fingerprint density at radius 1 is 1.40 bits per heavy atom. The van der Waals surface area contributed by atoms with E-state index in [9.17, 15) is 0 Å². The molecule has 0 aromatic carbocycles. The van der Waals surface area contributed by atoms with Crippen molar-refractivity contribution in [2.45, 2.75) is 45.7 Å². The van der Waals surface area contributed by atoms with Crippen LogP contribution < -0.4 is 5.32 Å². The van der Waals surface area contributed by atoms with Gasteiger partial charge in [0.05, 0.1) is 0 Å². The quantitative estimate of drug-likeness (QED) is 0.783. The van der Waals surface area contributed by atoms with E-state index in [4.69, 9.17) is 5.11 Å². The smallest absolute Gasteiger partial charge is 0.0431 e. The van der Waals surface area contributed by atoms with Gasteiger partial charge in [-0.05, 0) is 45.7 Å². The Labute approximate surface area is 96.3 Å². The van der Waals surface area contributed by atoms with Crippen LogP contribution in [0.4, 0.5) is 0 Å². The highest BCUT2D eigenvalue weighted by Crippen LogP contribution is 2.22. The van der Waals surface area contributed by atoms with E-state index in [1.165, 1.54) is 9.75 Å². The topological polar surface area (TPSA) is 32.3 Å². The number of nitrogens with one attached hydrogen (secondary N) is 1. The number of hydrogen-bond acceptors (Lipinski definition) is 3. The van der Waals surface area contributed by atoms with Crippen molar-refractivity contribution in [1.82, 2.24) is 5.32 Å². The zero-order valence-corrected chi connectivity index (χ0v) is 10.6. The van der Waals surface area contributed by atoms with E-state index in [0.717, 1.165) is 12.8 Å². The van der Waals surface area contributed by atoms with E-state index in [1.54, 1.807) is 0 Å². The maximum absolute atomic E-state index is 8.74. The van der Waals surface area contributed by atoms with Crippen molar-refractivity contribution >= 4 is 11.3 Å². The lowest BCUT2D eigenvalue weighted by atomic mass is 10.1. The minimum absolute atomic E-state index is 0.290. The van der Waals surface area contributed by atoms with Gasteiger partial charge in [0.15, 0.2) is 0 Å². The molecule has 1 heterocycles. The second-order valence-electron chi connectivity index (χ2n) is 4.10. The van der Waals surface area contributed by atoms with Gasteiger partial charge < -0.3 is 10.4 Å². The van der Waals surface area contributed by atoms with Crippen molar-refractivity contribution in [1.29, 1.82) is 0 Å². The van der Waals surface area contributed by atoms with Gasteiger partial charge in [0, 0.05) is 28.4 Å². The molecule has 0 aliphatic rings. The lowest BCUT2D eigenvalue weighted by molar-refractivity contribution is 0.274. The molecule has 0 radical (unpaired) electrons. The number of aliphatic hydroxyl groups is 1. The molecule has 0 aliphatic carbocycles. The van der Waals surface area contributed by atoms with Gasteiger partial charge in [0.1, 0.15) is 0 Å². The molecule has 86 valence electrons. The normalized spacial score (nSPS) is 15.2. The van der Waals surface area contributed by atoms with Crippen LogP contribution in [0.25, 0.3) is 0 Å². The van der Waals surface area contributed by atoms with Crippen LogP contribution >= 0.6 is 11.3 Å². The maximum Gasteiger partial charge on any atom is 0.0431 e. The second kappa shape index (κ2) is 6.26. The molecular formula is C12H21NOS. The van der Waals surface area contributed by atoms with E-state index < -0.39 is 0 Å². The van der Waals surface area contributed by atoms with Crippen molar-refractivity contribution in [3.05, 3.63) is 21.9 Å². The fraction of sp³-hybridized carbons (Fsp3) is 0.667. The Kier molecular flexibility index (Phi) is 5.29. The third kappa shape index (κ3) is 4.33. The van der Waals surface area contributed by atoms with Crippen molar-refractivity contribution in [3.63, 3.8) is 0 Å². The summed E-state index contributed by atoms with van der Waals surface area (Å²) in [7, 11) is 0. The lowest BCUT2D eigenvalue weighted by Crippen LogP contribution is -2.28. The zero-order chi connectivity index (χ0) is 11.3. The number of hydrogen-bond donors (Lipinski definition) is 2. The Morgan fingerprint density at radius 3 is 2.67 bits per heavy atom. The summed E-state index contributed by atoms with van der Waals surface area (Å²) in [5.74, 6) is 0. The fourth-order valence-corrected chi connectivity index (χ4v) is 2.56. The molecule has 2 atom stereocenters. The summed E-state index contributed by atoms with van der Waals surface area (Å²) in [5.41, 5.74) is 0. The molecule has 1 aromatic rings. The van der Waals surface area contributed by atoms with Crippen molar-refractivity contribution in [2.24, 2.45) is 0 Å². The van der Waals surface area contributed by atoms with Crippen LogP contribution in [-0.2, 0) is 0 Å². The first-order valence-corrected chi connectivity index (χ1v) is 6.38. The van der Waals surface area contributed by atoms with Crippen LogP contribution in [0.3, 0.4) is 0 Å². The first kappa shape index (κ1) is 12.7. The standard InChI is InChI=1S/C12H21NOS/c1-9(5-4-8-14)13-11(3)12-7-6-10(2)15-12/h6-7,9,11,13-14H,4-5,8H2,1-3H3/t9-,11-/m1/s1. The zero-order valence-electron chi connectivity index (χ0n) is 9.79. The molecule has 0 fully saturated rings. The van der Waals surface area contributed by atoms with Gasteiger partial charge in [0.25, 0.3) is 0 Å². The van der Waals surface area contributed by atoms with Crippen LogP contribution in [-0.4, -0.2) is 17.8 Å². The molecular weight excluding hydrogens is 206 g/mol. The molecule has 2 N–H and O–H groups in total. The Balaban J connectivity index is 2.38. The van der Waals surface area contributed by atoms with Crippen LogP contribution in [0.5, 0.6) is 0 Å². The predicted molar refractivity (Wildman–Crippen MR) is 66.4 cm³/mol. The summed E-state index contributed by atoms with van der Waals surface area (Å²) in [6, 6.07) is 5.24. The van der Waals surface area contributed by atoms with Crippen LogP contribution in [0.2, 0.25) is 0 Å². The number of aryl methyl sites for hydroxylation is 1. The van der Waals surface area contributed by atoms with E-state index in [2.05, 4.69) is 38.2 Å². The van der Waals surface area contributed by atoms with Gasteiger partial charge in [0.2, 0.25) is 0 Å². The summed E-state index contributed by atoms with van der Waals surface area (Å²) in [5, 5.41) is 12.3. The van der Waals surface area contributed by atoms with Crippen molar-refractivity contribution in [2.75, 3.05) is 6.61 Å². The molecule has 0 saturated carbocycles. The third-order valence-electron chi connectivity index (χ3n) is 2.52. The first-order valence-electron chi connectivity index (χ1n) is 5.56. The Bertz CT molecular complexity index is 285. The number of rotatable bonds is 6. The van der Waals surface area contributed by atoms with Crippen molar-refractivity contribution in [3.8, 4) is 0 Å². The molecule has 3 heteroatoms. The number of thiophene rings is 1. The van der Waals surface area contributed by atoms with Crippen LogP contribution in [0, 0.1) is 6.92 Å². The molecule has 2 nitrogen and oxygen atoms in total. The highest BCUT2D eigenvalue weighted by Gasteiger charge is 2.10. The molecule has 0 aliphatic heterocycles. The highest BCUT2D eigenvalue weighted by molar-refractivity contribution is 7.12. The molecule has 15 heavy (non-hydrogen) atoms. The summed E-state index contributed by atoms with van der Waals surface area (Å²) in [6.45, 7) is 6.79. The second-order valence-corrected chi connectivity index (χ2v) is 5.42. The van der Waals surface area contributed by atoms with Gasteiger partial charge in [-0.15, -0.1) is 11.3 Å². The monoisotopic (exact) mass is 227 g/mol. The summed E-state index contributed by atoms with van der Waals surface area (Å²) in [6.07, 6.45) is 1.91. The van der Waals surface area contributed by atoms with Gasteiger partial charge >= 0.3 is 0 Å². The molecule has 1 aromatic heterocycles. The van der Waals surface area contributed by atoms with Crippen LogP contribution in [0.15, 0.2) is 12.1 Å². The average molecular weight is 227 g/mol. The summed E-state index contributed by atoms with van der Waals surface area (Å²) < 4.78 is 0. The summed E-state index contributed by atoms with van der Waals surface area (Å²) >= 11 is 1.85. The van der Waals surface area contributed by atoms with Crippen molar-refractivity contribution < 1.29 is 5.11 Å². The van der Waals surface area contributed by atoms with E-state index in [1.807, 2.05) is 11.3 Å². The average Bonchev–Trinajstić information content (AvgIpc) is 2.61. The third-order valence-corrected chi connectivity index (χ3v) is 3.70. The van der Waals surface area contributed by atoms with Gasteiger partial charge in [-0.2, -0.15) is 0 Å². The fourth-order valence-electron chi connectivity index (χ4n) is 1.68. The van der Waals surface area contributed by atoms with Gasteiger partial charge in [-0.3, -0.25) is 0 Å². The highest BCUT2D eigenvalue weighted by atomic mass is 32.1. The largest absolute Gasteiger partial charge is 0.396 e. The van der Waals surface area contributed by atoms with E-state index in [0.29, 0.717) is 18.7 Å². The SMILES string of the molecule is Cc1ccc([C@@H](C)N[C@H](C)CCCO)s1. The first-order chi connectivity index (χ1) is 7.13. The molecule has 0 amide bonds. The summed E-state index contributed by atoms with van der Waals surface area (Å²) in [4.78, 5) is 2.75. The maximum atomic E-state index is 8.74. The van der Waals surface area contributed by atoms with Gasteiger partial charge in [-0.1, -0.05) is 0 Å². The Hall–Kier alpha value is -0.380. The molecule has 0 bridgehead atoms. The number of aliphatic hydroxyl groups excluding tert-OH is 1. The molecule has 0 unspecified atom stereocenters. The van der Waals surface area contributed by atoms with E-state index in [-0.39, 0.29) is 0 Å². The minimum Gasteiger partial charge on any atom is -0.396 e. The molecule has 0 saturated heterocycles.